The highest BCUT2D eigenvalue weighted by Crippen LogP contribution is 2.33. The summed E-state index contributed by atoms with van der Waals surface area (Å²) in [6.45, 7) is 1.56. The predicted octanol–water partition coefficient (Wildman–Crippen LogP) is 3.53. The molecule has 0 bridgehead atoms. The van der Waals surface area contributed by atoms with E-state index in [0.29, 0.717) is 17.3 Å². The molecule has 4 nitrogen and oxygen atoms in total. The molecule has 1 aliphatic rings. The Morgan fingerprint density at radius 3 is 2.91 bits per heavy atom. The summed E-state index contributed by atoms with van der Waals surface area (Å²) in [4.78, 5) is 4.26. The highest BCUT2D eigenvalue weighted by Gasteiger charge is 2.27. The lowest BCUT2D eigenvalue weighted by molar-refractivity contribution is -0.0238. The average Bonchev–Trinajstić information content (AvgIpc) is 2.61. The maximum atomic E-state index is 9.13. The molecule has 0 radical (unpaired) electrons. The maximum absolute atomic E-state index is 9.13. The highest BCUT2D eigenvalue weighted by atomic mass is 16.5. The molecule has 2 atom stereocenters. The topological polar surface area (TPSA) is 57.9 Å². The zero-order valence-electron chi connectivity index (χ0n) is 12.4. The van der Waals surface area contributed by atoms with Crippen LogP contribution in [0.2, 0.25) is 0 Å². The smallest absolute Gasteiger partial charge is 0.143 e. The van der Waals surface area contributed by atoms with Gasteiger partial charge in [-0.1, -0.05) is 30.3 Å². The second-order valence-corrected chi connectivity index (χ2v) is 5.50. The van der Waals surface area contributed by atoms with Gasteiger partial charge in [0, 0.05) is 25.3 Å². The van der Waals surface area contributed by atoms with E-state index in [4.69, 9.17) is 10.00 Å². The van der Waals surface area contributed by atoms with E-state index in [2.05, 4.69) is 28.5 Å². The molecule has 2 heterocycles. The van der Waals surface area contributed by atoms with Gasteiger partial charge in [-0.3, -0.25) is 0 Å². The summed E-state index contributed by atoms with van der Waals surface area (Å²) in [5.41, 5.74) is 1.80. The molecule has 2 unspecified atom stereocenters. The third kappa shape index (κ3) is 3.26. The van der Waals surface area contributed by atoms with E-state index in [1.807, 2.05) is 18.2 Å². The lowest BCUT2D eigenvalue weighted by atomic mass is 9.89. The van der Waals surface area contributed by atoms with Crippen molar-refractivity contribution in [3.05, 3.63) is 59.8 Å². The molecule has 0 aliphatic carbocycles. The van der Waals surface area contributed by atoms with Crippen LogP contribution < -0.4 is 5.32 Å². The maximum Gasteiger partial charge on any atom is 0.143 e. The molecular formula is C18H19N3O. The van der Waals surface area contributed by atoms with Crippen molar-refractivity contribution in [2.75, 3.05) is 18.5 Å². The number of aromatic nitrogens is 1. The van der Waals surface area contributed by atoms with E-state index < -0.39 is 0 Å². The molecule has 1 aromatic carbocycles. The van der Waals surface area contributed by atoms with Gasteiger partial charge in [0.15, 0.2) is 0 Å². The highest BCUT2D eigenvalue weighted by molar-refractivity contribution is 5.51. The number of benzene rings is 1. The number of nitriles is 1. The van der Waals surface area contributed by atoms with Gasteiger partial charge in [0.05, 0.1) is 11.7 Å². The zero-order valence-corrected chi connectivity index (χ0v) is 12.4. The number of pyridine rings is 1. The van der Waals surface area contributed by atoms with Gasteiger partial charge in [0.1, 0.15) is 11.9 Å². The number of ether oxygens (including phenoxy) is 1. The Hall–Kier alpha value is -2.38. The van der Waals surface area contributed by atoms with Crippen LogP contribution in [-0.4, -0.2) is 18.1 Å². The summed E-state index contributed by atoms with van der Waals surface area (Å²) in [7, 11) is 0. The molecule has 1 saturated heterocycles. The number of nitrogens with zero attached hydrogens (tertiary/aromatic N) is 2. The van der Waals surface area contributed by atoms with E-state index in [9.17, 15) is 0 Å². The average molecular weight is 293 g/mol. The molecule has 22 heavy (non-hydrogen) atoms. The van der Waals surface area contributed by atoms with Gasteiger partial charge in [0.2, 0.25) is 0 Å². The zero-order chi connectivity index (χ0) is 15.2. The minimum atomic E-state index is 0.108. The molecule has 1 aromatic heterocycles. The van der Waals surface area contributed by atoms with Crippen LogP contribution in [-0.2, 0) is 4.74 Å². The van der Waals surface area contributed by atoms with E-state index in [1.165, 1.54) is 5.56 Å². The second kappa shape index (κ2) is 7.06. The Kier molecular flexibility index (Phi) is 4.67. The summed E-state index contributed by atoms with van der Waals surface area (Å²) < 4.78 is 6.00. The van der Waals surface area contributed by atoms with Crippen LogP contribution >= 0.6 is 0 Å². The van der Waals surface area contributed by atoms with Crippen molar-refractivity contribution in [1.82, 2.24) is 4.98 Å². The van der Waals surface area contributed by atoms with Crippen molar-refractivity contribution in [1.29, 1.82) is 5.26 Å². The molecule has 112 valence electrons. The van der Waals surface area contributed by atoms with Crippen LogP contribution in [0.5, 0.6) is 0 Å². The quantitative estimate of drug-likeness (QED) is 0.937. The number of anilines is 1. The molecule has 1 N–H and O–H groups in total. The first-order chi connectivity index (χ1) is 10.9. The van der Waals surface area contributed by atoms with E-state index in [-0.39, 0.29) is 6.10 Å². The Morgan fingerprint density at radius 1 is 1.23 bits per heavy atom. The van der Waals surface area contributed by atoms with E-state index >= 15 is 0 Å². The number of rotatable bonds is 4. The lowest BCUT2D eigenvalue weighted by Crippen LogP contribution is -2.28. The summed E-state index contributed by atoms with van der Waals surface area (Å²) in [6, 6.07) is 16.1. The molecule has 1 aliphatic heterocycles. The van der Waals surface area contributed by atoms with E-state index in [1.54, 1.807) is 18.3 Å². The predicted molar refractivity (Wildman–Crippen MR) is 85.3 cm³/mol. The third-order valence-electron chi connectivity index (χ3n) is 4.03. The van der Waals surface area contributed by atoms with Gasteiger partial charge >= 0.3 is 0 Å². The standard InChI is InChI=1S/C18H19N3O/c19-12-15-8-4-10-20-18(15)21-13-16-9-5-11-22-17(16)14-6-2-1-3-7-14/h1-4,6-8,10,16-17H,5,9,11,13H2,(H,20,21). The van der Waals surface area contributed by atoms with Gasteiger partial charge in [0.25, 0.3) is 0 Å². The molecule has 2 aromatic rings. The number of hydrogen-bond acceptors (Lipinski definition) is 4. The molecule has 0 spiro atoms. The normalized spacial score (nSPS) is 21.0. The van der Waals surface area contributed by atoms with Gasteiger partial charge in [-0.15, -0.1) is 0 Å². The third-order valence-corrected chi connectivity index (χ3v) is 4.03. The first kappa shape index (κ1) is 14.6. The van der Waals surface area contributed by atoms with Crippen LogP contribution in [0.25, 0.3) is 0 Å². The molecule has 1 fully saturated rings. The Labute approximate surface area is 130 Å². The first-order valence-electron chi connectivity index (χ1n) is 7.64. The van der Waals surface area contributed by atoms with Crippen molar-refractivity contribution in [3.63, 3.8) is 0 Å². The van der Waals surface area contributed by atoms with Gasteiger partial charge in [-0.05, 0) is 30.5 Å². The largest absolute Gasteiger partial charge is 0.373 e. The van der Waals surface area contributed by atoms with Gasteiger partial charge in [-0.25, -0.2) is 4.98 Å². The Bertz CT molecular complexity index is 651. The minimum absolute atomic E-state index is 0.108. The summed E-state index contributed by atoms with van der Waals surface area (Å²) >= 11 is 0. The second-order valence-electron chi connectivity index (χ2n) is 5.50. The van der Waals surface area contributed by atoms with Crippen LogP contribution in [0.3, 0.4) is 0 Å². The number of nitrogens with one attached hydrogen (secondary N) is 1. The van der Waals surface area contributed by atoms with Crippen LogP contribution in [0.1, 0.15) is 30.1 Å². The SMILES string of the molecule is N#Cc1cccnc1NCC1CCCOC1c1ccccc1. The summed E-state index contributed by atoms with van der Waals surface area (Å²) in [6.07, 6.45) is 4.00. The fraction of sp³-hybridized carbons (Fsp3) is 0.333. The fourth-order valence-corrected chi connectivity index (χ4v) is 2.93. The molecule has 3 rings (SSSR count). The van der Waals surface area contributed by atoms with E-state index in [0.717, 1.165) is 26.0 Å². The van der Waals surface area contributed by atoms with Crippen LogP contribution in [0.15, 0.2) is 48.7 Å². The minimum Gasteiger partial charge on any atom is -0.373 e. The summed E-state index contributed by atoms with van der Waals surface area (Å²) in [5.74, 6) is 1.03. The summed E-state index contributed by atoms with van der Waals surface area (Å²) in [5, 5.41) is 12.5. The molecule has 4 heteroatoms. The molecule has 0 saturated carbocycles. The monoisotopic (exact) mass is 293 g/mol. The molecular weight excluding hydrogens is 274 g/mol. The van der Waals surface area contributed by atoms with Crippen LogP contribution in [0, 0.1) is 17.2 Å². The van der Waals surface area contributed by atoms with Crippen molar-refractivity contribution < 1.29 is 4.74 Å². The number of hydrogen-bond donors (Lipinski definition) is 1. The van der Waals surface area contributed by atoms with Gasteiger partial charge in [-0.2, -0.15) is 5.26 Å². The fourth-order valence-electron chi connectivity index (χ4n) is 2.93. The van der Waals surface area contributed by atoms with Crippen molar-refractivity contribution in [3.8, 4) is 6.07 Å². The van der Waals surface area contributed by atoms with Crippen molar-refractivity contribution in [2.24, 2.45) is 5.92 Å². The van der Waals surface area contributed by atoms with Crippen LogP contribution in [0.4, 0.5) is 5.82 Å². The Morgan fingerprint density at radius 2 is 2.09 bits per heavy atom. The first-order valence-corrected chi connectivity index (χ1v) is 7.64. The lowest BCUT2D eigenvalue weighted by Gasteiger charge is -2.32. The van der Waals surface area contributed by atoms with Crippen molar-refractivity contribution >= 4 is 5.82 Å². The van der Waals surface area contributed by atoms with Gasteiger partial charge < -0.3 is 10.1 Å². The Balaban J connectivity index is 1.71. The van der Waals surface area contributed by atoms with Crippen molar-refractivity contribution in [2.45, 2.75) is 18.9 Å². The molecule has 0 amide bonds.